The van der Waals surface area contributed by atoms with Crippen molar-refractivity contribution in [3.05, 3.63) is 12.7 Å². The van der Waals surface area contributed by atoms with Crippen LogP contribution in [-0.4, -0.2) is 38.7 Å². The maximum Gasteiger partial charge on any atom is 0.244 e. The average Bonchev–Trinajstić information content (AvgIpc) is 2.66. The first-order chi connectivity index (χ1) is 7.32. The van der Waals surface area contributed by atoms with E-state index in [2.05, 4.69) is 37.8 Å². The molecule has 0 saturated carbocycles. The van der Waals surface area contributed by atoms with Crippen molar-refractivity contribution in [2.45, 2.75) is 40.3 Å². The molecule has 1 rings (SSSR count). The Labute approximate surface area is 96.5 Å². The third-order valence-corrected chi connectivity index (χ3v) is 2.99. The van der Waals surface area contributed by atoms with Gasteiger partial charge in [0.05, 0.1) is 0 Å². The number of aromatic nitrogens is 3. The fourth-order valence-corrected chi connectivity index (χ4v) is 1.36. The summed E-state index contributed by atoms with van der Waals surface area (Å²) in [7, 11) is 1.83. The number of hydrogen-bond donors (Lipinski definition) is 0. The fourth-order valence-electron chi connectivity index (χ4n) is 1.36. The quantitative estimate of drug-likeness (QED) is 0.774. The minimum absolute atomic E-state index is 0.0490. The van der Waals surface area contributed by atoms with E-state index in [1.165, 1.54) is 11.0 Å². The van der Waals surface area contributed by atoms with Crippen LogP contribution in [0.1, 0.15) is 27.7 Å². The molecule has 90 valence electrons. The number of carbonyl (C=O) groups is 1. The second kappa shape index (κ2) is 4.63. The van der Waals surface area contributed by atoms with Crippen molar-refractivity contribution in [1.29, 1.82) is 0 Å². The van der Waals surface area contributed by atoms with Gasteiger partial charge in [-0.05, 0) is 12.3 Å². The molecule has 16 heavy (non-hydrogen) atoms. The lowest BCUT2D eigenvalue weighted by atomic mass is 9.87. The molecular formula is C11H20N4O. The van der Waals surface area contributed by atoms with E-state index < -0.39 is 0 Å². The van der Waals surface area contributed by atoms with E-state index in [9.17, 15) is 4.79 Å². The molecule has 0 spiro atoms. The molecule has 0 radical (unpaired) electrons. The third-order valence-electron chi connectivity index (χ3n) is 2.99. The topological polar surface area (TPSA) is 51.0 Å². The summed E-state index contributed by atoms with van der Waals surface area (Å²) in [6, 6.07) is 0.184. The smallest absolute Gasteiger partial charge is 0.244 e. The summed E-state index contributed by atoms with van der Waals surface area (Å²) >= 11 is 0. The molecule has 1 unspecified atom stereocenters. The molecule has 0 fully saturated rings. The van der Waals surface area contributed by atoms with Crippen molar-refractivity contribution in [3.8, 4) is 0 Å². The van der Waals surface area contributed by atoms with Gasteiger partial charge in [-0.3, -0.25) is 4.79 Å². The predicted octanol–water partition coefficient (Wildman–Crippen LogP) is 1.17. The van der Waals surface area contributed by atoms with E-state index in [1.54, 1.807) is 11.2 Å². The Balaban J connectivity index is 2.61. The van der Waals surface area contributed by atoms with Gasteiger partial charge in [-0.25, -0.2) is 9.67 Å². The minimum atomic E-state index is 0.0490. The number of carbonyl (C=O) groups excluding carboxylic acids is 1. The normalized spacial score (nSPS) is 13.6. The molecule has 0 aliphatic rings. The van der Waals surface area contributed by atoms with E-state index in [-0.39, 0.29) is 23.9 Å². The Morgan fingerprint density at radius 1 is 1.50 bits per heavy atom. The van der Waals surface area contributed by atoms with Crippen molar-refractivity contribution in [1.82, 2.24) is 19.7 Å². The number of nitrogens with zero attached hydrogens (tertiary/aromatic N) is 4. The van der Waals surface area contributed by atoms with Gasteiger partial charge in [0.1, 0.15) is 19.2 Å². The molecule has 0 aromatic carbocycles. The lowest BCUT2D eigenvalue weighted by Gasteiger charge is -2.35. The Hall–Kier alpha value is -1.39. The van der Waals surface area contributed by atoms with Gasteiger partial charge in [0.2, 0.25) is 5.91 Å². The zero-order valence-corrected chi connectivity index (χ0v) is 10.6. The van der Waals surface area contributed by atoms with Crippen LogP contribution in [0.25, 0.3) is 0 Å². The van der Waals surface area contributed by atoms with Crippen LogP contribution in [0.5, 0.6) is 0 Å². The summed E-state index contributed by atoms with van der Waals surface area (Å²) in [6.45, 7) is 8.67. The van der Waals surface area contributed by atoms with Crippen LogP contribution < -0.4 is 0 Å². The van der Waals surface area contributed by atoms with Crippen LogP contribution >= 0.6 is 0 Å². The first kappa shape index (κ1) is 12.7. The van der Waals surface area contributed by atoms with Crippen LogP contribution in [0.4, 0.5) is 0 Å². The maximum atomic E-state index is 11.9. The van der Waals surface area contributed by atoms with E-state index in [1.807, 2.05) is 7.05 Å². The molecule has 1 amide bonds. The van der Waals surface area contributed by atoms with Crippen LogP contribution in [0, 0.1) is 5.41 Å². The van der Waals surface area contributed by atoms with E-state index in [0.717, 1.165) is 0 Å². The molecular weight excluding hydrogens is 204 g/mol. The molecule has 5 nitrogen and oxygen atoms in total. The Morgan fingerprint density at radius 3 is 2.56 bits per heavy atom. The zero-order valence-electron chi connectivity index (χ0n) is 10.6. The number of hydrogen-bond acceptors (Lipinski definition) is 3. The predicted molar refractivity (Wildman–Crippen MR) is 61.7 cm³/mol. The molecule has 0 saturated heterocycles. The second-order valence-corrected chi connectivity index (χ2v) is 5.14. The van der Waals surface area contributed by atoms with Crippen LogP contribution in [0.3, 0.4) is 0 Å². The van der Waals surface area contributed by atoms with Crippen molar-refractivity contribution in [2.75, 3.05) is 7.05 Å². The highest BCUT2D eigenvalue weighted by Gasteiger charge is 2.26. The lowest BCUT2D eigenvalue weighted by molar-refractivity contribution is -0.134. The molecule has 0 aliphatic heterocycles. The lowest BCUT2D eigenvalue weighted by Crippen LogP contribution is -2.44. The SMILES string of the molecule is CC(N(C)C(=O)Cn1cncn1)C(C)(C)C. The summed E-state index contributed by atoms with van der Waals surface area (Å²) in [4.78, 5) is 17.5. The minimum Gasteiger partial charge on any atom is -0.341 e. The van der Waals surface area contributed by atoms with Crippen molar-refractivity contribution in [2.24, 2.45) is 5.41 Å². The summed E-state index contributed by atoms with van der Waals surface area (Å²) in [5.74, 6) is 0.0490. The highest BCUT2D eigenvalue weighted by molar-refractivity contribution is 5.75. The van der Waals surface area contributed by atoms with Gasteiger partial charge < -0.3 is 4.90 Å². The van der Waals surface area contributed by atoms with Crippen molar-refractivity contribution >= 4 is 5.91 Å². The molecule has 1 atom stereocenters. The molecule has 1 aromatic heterocycles. The first-order valence-corrected chi connectivity index (χ1v) is 5.40. The maximum absolute atomic E-state index is 11.9. The van der Waals surface area contributed by atoms with Crippen molar-refractivity contribution in [3.63, 3.8) is 0 Å². The largest absolute Gasteiger partial charge is 0.341 e. The van der Waals surface area contributed by atoms with Gasteiger partial charge in [-0.2, -0.15) is 5.10 Å². The van der Waals surface area contributed by atoms with E-state index in [0.29, 0.717) is 0 Å². The number of rotatable bonds is 3. The Kier molecular flexibility index (Phi) is 3.67. The number of amides is 1. The highest BCUT2D eigenvalue weighted by atomic mass is 16.2. The zero-order chi connectivity index (χ0) is 12.3. The summed E-state index contributed by atoms with van der Waals surface area (Å²) in [5.41, 5.74) is 0.0762. The van der Waals surface area contributed by atoms with Gasteiger partial charge in [0.15, 0.2) is 0 Å². The fraction of sp³-hybridized carbons (Fsp3) is 0.727. The van der Waals surface area contributed by atoms with Gasteiger partial charge >= 0.3 is 0 Å². The van der Waals surface area contributed by atoms with E-state index in [4.69, 9.17) is 0 Å². The molecule has 1 aromatic rings. The number of likely N-dealkylation sites (N-methyl/N-ethyl adjacent to an activating group) is 1. The molecule has 0 bridgehead atoms. The molecule has 1 heterocycles. The molecule has 5 heteroatoms. The van der Waals surface area contributed by atoms with Gasteiger partial charge in [-0.1, -0.05) is 20.8 Å². The van der Waals surface area contributed by atoms with Crippen molar-refractivity contribution < 1.29 is 4.79 Å². The second-order valence-electron chi connectivity index (χ2n) is 5.14. The van der Waals surface area contributed by atoms with E-state index >= 15 is 0 Å². The molecule has 0 aliphatic carbocycles. The third kappa shape index (κ3) is 3.05. The first-order valence-electron chi connectivity index (χ1n) is 5.40. The summed E-state index contributed by atoms with van der Waals surface area (Å²) in [5, 5.41) is 3.92. The van der Waals surface area contributed by atoms with Gasteiger partial charge in [-0.15, -0.1) is 0 Å². The monoisotopic (exact) mass is 224 g/mol. The van der Waals surface area contributed by atoms with Gasteiger partial charge in [0, 0.05) is 13.1 Å². The molecule has 0 N–H and O–H groups in total. The summed E-state index contributed by atoms with van der Waals surface area (Å²) in [6.07, 6.45) is 2.98. The average molecular weight is 224 g/mol. The highest BCUT2D eigenvalue weighted by Crippen LogP contribution is 2.23. The standard InChI is InChI=1S/C11H20N4O/c1-9(11(2,3)4)14(5)10(16)6-15-8-12-7-13-15/h7-9H,6H2,1-5H3. The van der Waals surface area contributed by atoms with Crippen LogP contribution in [0.15, 0.2) is 12.7 Å². The Bertz CT molecular complexity index is 339. The van der Waals surface area contributed by atoms with Gasteiger partial charge in [0.25, 0.3) is 0 Å². The Morgan fingerprint density at radius 2 is 2.12 bits per heavy atom. The van der Waals surface area contributed by atoms with Crippen LogP contribution in [-0.2, 0) is 11.3 Å². The van der Waals surface area contributed by atoms with Crippen LogP contribution in [0.2, 0.25) is 0 Å². The summed E-state index contributed by atoms with van der Waals surface area (Å²) < 4.78 is 1.54.